The van der Waals surface area contributed by atoms with Gasteiger partial charge in [0.1, 0.15) is 24.2 Å². The van der Waals surface area contributed by atoms with Crippen LogP contribution in [-0.4, -0.2) is 48.1 Å². The largest absolute Gasteiger partial charge is 0.496 e. The van der Waals surface area contributed by atoms with Crippen LogP contribution in [0, 0.1) is 0 Å². The van der Waals surface area contributed by atoms with Gasteiger partial charge >= 0.3 is 0 Å². The van der Waals surface area contributed by atoms with Crippen molar-refractivity contribution in [2.45, 2.75) is 12.2 Å². The molecule has 0 saturated carbocycles. The molecule has 0 bridgehead atoms. The number of fused-ring (bicyclic) bond motifs is 3. The Kier molecular flexibility index (Phi) is 7.18. The summed E-state index contributed by atoms with van der Waals surface area (Å²) in [7, 11) is 1.66. The number of para-hydroxylation sites is 2. The number of aliphatic hydroxyl groups excluding tert-OH is 2. The van der Waals surface area contributed by atoms with Gasteiger partial charge in [-0.05, 0) is 35.4 Å². The Hall–Kier alpha value is -3.84. The molecule has 0 spiro atoms. The molecule has 36 heavy (non-hydrogen) atoms. The van der Waals surface area contributed by atoms with Crippen LogP contribution in [0.25, 0.3) is 32.9 Å². The average molecular weight is 483 g/mol. The fraction of sp³-hybridized carbons (Fsp3) is 0.200. The molecule has 5 aromatic rings. The van der Waals surface area contributed by atoms with Crippen molar-refractivity contribution < 1.29 is 19.7 Å². The van der Waals surface area contributed by atoms with Gasteiger partial charge in [-0.2, -0.15) is 0 Å². The van der Waals surface area contributed by atoms with E-state index in [0.717, 1.165) is 50.0 Å². The highest BCUT2D eigenvalue weighted by atomic mass is 16.5. The van der Waals surface area contributed by atoms with Crippen LogP contribution in [-0.2, 0) is 0 Å². The van der Waals surface area contributed by atoms with Crippen molar-refractivity contribution >= 4 is 21.8 Å². The molecule has 2 atom stereocenters. The normalized spacial score (nSPS) is 13.1. The molecule has 1 aromatic heterocycles. The number of methoxy groups -OCH3 is 1. The summed E-state index contributed by atoms with van der Waals surface area (Å²) in [5.74, 6) is 1.55. The number of benzene rings is 4. The van der Waals surface area contributed by atoms with E-state index in [0.29, 0.717) is 13.1 Å². The van der Waals surface area contributed by atoms with Gasteiger partial charge in [-0.15, -0.1) is 0 Å². The number of H-pyrrole nitrogens is 1. The summed E-state index contributed by atoms with van der Waals surface area (Å²) in [4.78, 5) is 3.40. The van der Waals surface area contributed by atoms with Gasteiger partial charge in [-0.3, -0.25) is 0 Å². The number of aliphatic hydroxyl groups is 2. The van der Waals surface area contributed by atoms with Crippen LogP contribution in [0.5, 0.6) is 11.5 Å². The maximum atomic E-state index is 10.6. The maximum absolute atomic E-state index is 10.6. The van der Waals surface area contributed by atoms with E-state index in [9.17, 15) is 10.2 Å². The second-order valence-corrected chi connectivity index (χ2v) is 8.81. The van der Waals surface area contributed by atoms with E-state index in [1.54, 1.807) is 7.11 Å². The van der Waals surface area contributed by atoms with Gasteiger partial charge in [0.25, 0.3) is 0 Å². The van der Waals surface area contributed by atoms with Crippen molar-refractivity contribution in [3.63, 3.8) is 0 Å². The first-order chi connectivity index (χ1) is 17.6. The first-order valence-electron chi connectivity index (χ1n) is 12.1. The van der Waals surface area contributed by atoms with Crippen molar-refractivity contribution in [2.75, 3.05) is 26.8 Å². The van der Waals surface area contributed by atoms with E-state index in [2.05, 4.69) is 16.4 Å². The van der Waals surface area contributed by atoms with Crippen LogP contribution in [0.2, 0.25) is 0 Å². The third-order valence-electron chi connectivity index (χ3n) is 6.35. The van der Waals surface area contributed by atoms with Crippen LogP contribution in [0.4, 0.5) is 0 Å². The lowest BCUT2D eigenvalue weighted by Gasteiger charge is -2.17. The summed E-state index contributed by atoms with van der Waals surface area (Å²) in [5.41, 5.74) is 4.88. The molecule has 0 saturated heterocycles. The number of hydrogen-bond donors (Lipinski definition) is 4. The topological polar surface area (TPSA) is 86.7 Å². The molecule has 4 aromatic carbocycles. The van der Waals surface area contributed by atoms with Gasteiger partial charge in [-0.1, -0.05) is 66.7 Å². The number of aromatic nitrogens is 1. The first kappa shape index (κ1) is 23.9. The van der Waals surface area contributed by atoms with E-state index in [-0.39, 0.29) is 6.61 Å². The average Bonchev–Trinajstić information content (AvgIpc) is 3.31. The zero-order valence-corrected chi connectivity index (χ0v) is 20.1. The summed E-state index contributed by atoms with van der Waals surface area (Å²) in [6, 6.07) is 29.6. The van der Waals surface area contributed by atoms with Crippen LogP contribution < -0.4 is 14.8 Å². The Labute approximate surface area is 210 Å². The summed E-state index contributed by atoms with van der Waals surface area (Å²) >= 11 is 0. The minimum atomic E-state index is -0.717. The Morgan fingerprint density at radius 2 is 1.50 bits per heavy atom. The highest BCUT2D eigenvalue weighted by molar-refractivity contribution is 6.10. The Morgan fingerprint density at radius 1 is 0.778 bits per heavy atom. The lowest BCUT2D eigenvalue weighted by Crippen LogP contribution is -2.33. The summed E-state index contributed by atoms with van der Waals surface area (Å²) < 4.78 is 11.4. The van der Waals surface area contributed by atoms with Crippen molar-refractivity contribution in [3.05, 3.63) is 96.6 Å². The molecule has 0 aliphatic heterocycles. The van der Waals surface area contributed by atoms with Crippen molar-refractivity contribution in [1.29, 1.82) is 0 Å². The molecule has 1 heterocycles. The van der Waals surface area contributed by atoms with E-state index in [1.165, 1.54) is 0 Å². The van der Waals surface area contributed by atoms with E-state index in [4.69, 9.17) is 9.47 Å². The van der Waals surface area contributed by atoms with E-state index in [1.807, 2.05) is 84.9 Å². The molecule has 0 aliphatic rings. The van der Waals surface area contributed by atoms with Crippen LogP contribution in [0.3, 0.4) is 0 Å². The Bertz CT molecular complexity index is 1440. The third kappa shape index (κ3) is 5.06. The van der Waals surface area contributed by atoms with Gasteiger partial charge in [0.05, 0.1) is 18.7 Å². The number of hydrogen-bond acceptors (Lipinski definition) is 5. The molecule has 0 fully saturated rings. The first-order valence-corrected chi connectivity index (χ1v) is 12.1. The van der Waals surface area contributed by atoms with E-state index < -0.39 is 12.2 Å². The second kappa shape index (κ2) is 10.8. The predicted octanol–water partition coefficient (Wildman–Crippen LogP) is 5.06. The fourth-order valence-electron chi connectivity index (χ4n) is 4.51. The van der Waals surface area contributed by atoms with Gasteiger partial charge in [0.2, 0.25) is 0 Å². The zero-order valence-electron chi connectivity index (χ0n) is 20.1. The van der Waals surface area contributed by atoms with Crippen LogP contribution in [0.1, 0.15) is 11.7 Å². The molecule has 184 valence electrons. The number of nitrogens with one attached hydrogen (secondary N) is 2. The predicted molar refractivity (Wildman–Crippen MR) is 144 cm³/mol. The number of aromatic amines is 1. The number of rotatable bonds is 10. The van der Waals surface area contributed by atoms with Crippen LogP contribution in [0.15, 0.2) is 91.0 Å². The smallest absolute Gasteiger partial charge is 0.129 e. The molecule has 5 rings (SSSR count). The lowest BCUT2D eigenvalue weighted by molar-refractivity contribution is 0.100. The molecule has 0 radical (unpaired) electrons. The number of ether oxygens (including phenoxy) is 2. The fourth-order valence-corrected chi connectivity index (χ4v) is 4.51. The van der Waals surface area contributed by atoms with Crippen LogP contribution >= 0.6 is 0 Å². The van der Waals surface area contributed by atoms with Crippen molar-refractivity contribution in [3.8, 4) is 22.6 Å². The van der Waals surface area contributed by atoms with Gasteiger partial charge < -0.3 is 30.0 Å². The van der Waals surface area contributed by atoms with Crippen molar-refractivity contribution in [2.24, 2.45) is 0 Å². The standard InChI is InChI=1S/C30H30N2O4/c1-35-28-11-5-3-7-23(28)20-13-15-21(16-14-20)27(34)18-31-17-22(33)19-36-29-12-6-10-26-30(29)24-8-2-4-9-25(24)32-26/h2-16,22,27,31-34H,17-19H2,1H3. The maximum Gasteiger partial charge on any atom is 0.129 e. The molecule has 2 unspecified atom stereocenters. The van der Waals surface area contributed by atoms with Gasteiger partial charge in [-0.25, -0.2) is 0 Å². The SMILES string of the molecule is COc1ccccc1-c1ccc(C(O)CNCC(O)COc2cccc3[nH]c4ccccc4c23)cc1. The molecule has 0 aliphatic carbocycles. The minimum absolute atomic E-state index is 0.148. The molecule has 6 nitrogen and oxygen atoms in total. The summed E-state index contributed by atoms with van der Waals surface area (Å²) in [5, 5.41) is 26.3. The molecule has 4 N–H and O–H groups in total. The monoisotopic (exact) mass is 482 g/mol. The summed E-state index contributed by atoms with van der Waals surface area (Å²) in [6.45, 7) is 0.776. The summed E-state index contributed by atoms with van der Waals surface area (Å²) in [6.07, 6.45) is -1.41. The highest BCUT2D eigenvalue weighted by Gasteiger charge is 2.13. The molecule has 0 amide bonds. The lowest BCUT2D eigenvalue weighted by atomic mass is 10.0. The Balaban J connectivity index is 1.14. The zero-order chi connectivity index (χ0) is 24.9. The highest BCUT2D eigenvalue weighted by Crippen LogP contribution is 2.33. The van der Waals surface area contributed by atoms with Gasteiger partial charge in [0.15, 0.2) is 0 Å². The second-order valence-electron chi connectivity index (χ2n) is 8.81. The van der Waals surface area contributed by atoms with Gasteiger partial charge in [0, 0.05) is 34.9 Å². The minimum Gasteiger partial charge on any atom is -0.496 e. The molecule has 6 heteroatoms. The van der Waals surface area contributed by atoms with Crippen molar-refractivity contribution in [1.82, 2.24) is 10.3 Å². The Morgan fingerprint density at radius 3 is 2.33 bits per heavy atom. The third-order valence-corrected chi connectivity index (χ3v) is 6.35. The molecular formula is C30H30N2O4. The van der Waals surface area contributed by atoms with E-state index >= 15 is 0 Å². The quantitative estimate of drug-likeness (QED) is 0.224. The molecular weight excluding hydrogens is 452 g/mol.